The zero-order chi connectivity index (χ0) is 22.6. The number of nitroso groups, excluding NO2 is 1. The van der Waals surface area contributed by atoms with E-state index in [1.54, 1.807) is 24.3 Å². The molecule has 0 aliphatic heterocycles. The van der Waals surface area contributed by atoms with Crippen molar-refractivity contribution >= 4 is 28.9 Å². The van der Waals surface area contributed by atoms with Gasteiger partial charge in [-0.25, -0.2) is 0 Å². The third kappa shape index (κ3) is 8.45. The molecule has 0 aliphatic carbocycles. The van der Waals surface area contributed by atoms with Crippen LogP contribution in [0.3, 0.4) is 0 Å². The summed E-state index contributed by atoms with van der Waals surface area (Å²) in [4.78, 5) is 34.6. The molecule has 2 aromatic rings. The van der Waals surface area contributed by atoms with Gasteiger partial charge in [0.2, 0.25) is 0 Å². The van der Waals surface area contributed by atoms with Crippen molar-refractivity contribution in [1.29, 1.82) is 0 Å². The van der Waals surface area contributed by atoms with E-state index < -0.39 is 10.8 Å². The van der Waals surface area contributed by atoms with E-state index in [1.165, 1.54) is 19.2 Å². The van der Waals surface area contributed by atoms with Crippen LogP contribution in [0.5, 0.6) is 0 Å². The minimum absolute atomic E-state index is 0.0112. The van der Waals surface area contributed by atoms with Crippen molar-refractivity contribution in [3.05, 3.63) is 74.7 Å². The Morgan fingerprint density at radius 3 is 1.90 bits per heavy atom. The molecule has 0 saturated carbocycles. The Balaban J connectivity index is 2.05. The standard InChI is InChI=1S/C23H28ClN2O5/c1-25(28)21-10-6-18(7-11-21)16-20(23(27)31-15-5-3-2-4-14-24)17-19-8-12-22(13-9-19)26(29)30/h6-13,20H,2-5,14-17H2,1H3/q+1. The highest BCUT2D eigenvalue weighted by Gasteiger charge is 2.22. The number of alkyl halides is 1. The van der Waals surface area contributed by atoms with Gasteiger partial charge in [-0.2, -0.15) is 0 Å². The predicted octanol–water partition coefficient (Wildman–Crippen LogP) is 5.38. The quantitative estimate of drug-likeness (QED) is 0.103. The van der Waals surface area contributed by atoms with E-state index >= 15 is 0 Å². The summed E-state index contributed by atoms with van der Waals surface area (Å²) in [5, 5.41) is 10.9. The van der Waals surface area contributed by atoms with Gasteiger partial charge in [-0.05, 0) is 36.8 Å². The number of benzene rings is 2. The molecule has 0 spiro atoms. The van der Waals surface area contributed by atoms with E-state index in [1.807, 2.05) is 12.1 Å². The number of carbonyl (C=O) groups is 1. The summed E-state index contributed by atoms with van der Waals surface area (Å²) in [7, 11) is 1.43. The number of hydrogen-bond acceptors (Lipinski definition) is 5. The first-order valence-corrected chi connectivity index (χ1v) is 10.9. The van der Waals surface area contributed by atoms with Crippen LogP contribution in [-0.4, -0.2) is 35.2 Å². The molecule has 0 amide bonds. The molecular formula is C23H28ClN2O5+. The Labute approximate surface area is 187 Å². The first-order chi connectivity index (χ1) is 14.9. The minimum atomic E-state index is -0.450. The van der Waals surface area contributed by atoms with Crippen molar-refractivity contribution in [2.24, 2.45) is 5.92 Å². The second-order valence-corrected chi connectivity index (χ2v) is 7.84. The second kappa shape index (κ2) is 12.8. The molecule has 166 valence electrons. The summed E-state index contributed by atoms with van der Waals surface area (Å²) in [5.41, 5.74) is 2.29. The Morgan fingerprint density at radius 1 is 0.903 bits per heavy atom. The number of esters is 1. The molecular weight excluding hydrogens is 420 g/mol. The van der Waals surface area contributed by atoms with E-state index in [0.717, 1.165) is 41.6 Å². The zero-order valence-corrected chi connectivity index (χ0v) is 18.4. The average Bonchev–Trinajstić information content (AvgIpc) is 2.76. The lowest BCUT2D eigenvalue weighted by Crippen LogP contribution is -2.23. The first-order valence-electron chi connectivity index (χ1n) is 10.4. The molecule has 0 saturated heterocycles. The van der Waals surface area contributed by atoms with E-state index in [4.69, 9.17) is 16.3 Å². The Bertz CT molecular complexity index is 809. The third-order valence-electron chi connectivity index (χ3n) is 5.02. The molecule has 0 bridgehead atoms. The van der Waals surface area contributed by atoms with Crippen LogP contribution < -0.4 is 0 Å². The Morgan fingerprint density at radius 2 is 1.42 bits per heavy atom. The van der Waals surface area contributed by atoms with Gasteiger partial charge in [-0.15, -0.1) is 11.6 Å². The highest BCUT2D eigenvalue weighted by atomic mass is 35.5. The molecule has 8 heteroatoms. The van der Waals surface area contributed by atoms with Crippen LogP contribution in [0.15, 0.2) is 48.5 Å². The van der Waals surface area contributed by atoms with Crippen molar-refractivity contribution in [2.75, 3.05) is 19.5 Å². The molecule has 2 rings (SSSR count). The third-order valence-corrected chi connectivity index (χ3v) is 5.28. The number of non-ortho nitro benzene ring substituents is 1. The summed E-state index contributed by atoms with van der Waals surface area (Å²) in [5.74, 6) is -0.0845. The second-order valence-electron chi connectivity index (χ2n) is 7.46. The highest BCUT2D eigenvalue weighted by Crippen LogP contribution is 2.21. The molecule has 2 aromatic carbocycles. The van der Waals surface area contributed by atoms with Gasteiger partial charge < -0.3 is 4.74 Å². The van der Waals surface area contributed by atoms with Crippen LogP contribution >= 0.6 is 11.6 Å². The van der Waals surface area contributed by atoms with Gasteiger partial charge in [-0.3, -0.25) is 14.9 Å². The molecule has 1 atom stereocenters. The molecule has 1 unspecified atom stereocenters. The molecule has 0 fully saturated rings. The first kappa shape index (κ1) is 24.5. The number of nitrogens with zero attached hydrogens (tertiary/aromatic N) is 2. The largest absolute Gasteiger partial charge is 0.465 e. The maximum atomic E-state index is 12.8. The van der Waals surface area contributed by atoms with E-state index in [2.05, 4.69) is 0 Å². The van der Waals surface area contributed by atoms with E-state index in [-0.39, 0.29) is 11.7 Å². The fraction of sp³-hybridized carbons (Fsp3) is 0.435. The lowest BCUT2D eigenvalue weighted by Gasteiger charge is -2.16. The topological polar surface area (TPSA) is 89.5 Å². The number of carbonyl (C=O) groups excluding carboxylic acids is 1. The van der Waals surface area contributed by atoms with E-state index in [0.29, 0.717) is 31.0 Å². The monoisotopic (exact) mass is 447 g/mol. The zero-order valence-electron chi connectivity index (χ0n) is 17.7. The summed E-state index contributed by atoms with van der Waals surface area (Å²) >= 11 is 5.67. The number of hydrogen-bond donors (Lipinski definition) is 0. The summed E-state index contributed by atoms with van der Waals surface area (Å²) < 4.78 is 6.29. The van der Waals surface area contributed by atoms with Crippen LogP contribution in [0.2, 0.25) is 0 Å². The number of unbranched alkanes of at least 4 members (excludes halogenated alkanes) is 3. The molecule has 31 heavy (non-hydrogen) atoms. The van der Waals surface area contributed by atoms with Gasteiger partial charge in [0, 0.05) is 39.8 Å². The maximum absolute atomic E-state index is 12.8. The van der Waals surface area contributed by atoms with Crippen LogP contribution in [0.25, 0.3) is 0 Å². The lowest BCUT2D eigenvalue weighted by atomic mass is 9.92. The summed E-state index contributed by atoms with van der Waals surface area (Å²) in [6, 6.07) is 13.3. The van der Waals surface area contributed by atoms with Gasteiger partial charge in [0.1, 0.15) is 0 Å². The van der Waals surface area contributed by atoms with Crippen molar-refractivity contribution in [1.82, 2.24) is 0 Å². The van der Waals surface area contributed by atoms with Gasteiger partial charge >= 0.3 is 5.97 Å². The molecule has 0 aromatic heterocycles. The molecule has 0 radical (unpaired) electrons. The fourth-order valence-electron chi connectivity index (χ4n) is 3.24. The van der Waals surface area contributed by atoms with Crippen molar-refractivity contribution in [2.45, 2.75) is 38.5 Å². The summed E-state index contributed by atoms with van der Waals surface area (Å²) in [6.07, 6.45) is 4.56. The van der Waals surface area contributed by atoms with Crippen LogP contribution in [-0.2, 0) is 22.4 Å². The fourth-order valence-corrected chi connectivity index (χ4v) is 3.43. The van der Waals surface area contributed by atoms with Crippen molar-refractivity contribution in [3.8, 4) is 0 Å². The summed E-state index contributed by atoms with van der Waals surface area (Å²) in [6.45, 7) is 0.359. The molecule has 0 heterocycles. The van der Waals surface area contributed by atoms with Crippen molar-refractivity contribution in [3.63, 3.8) is 0 Å². The number of nitro groups is 1. The van der Waals surface area contributed by atoms with Gasteiger partial charge in [0.05, 0.1) is 17.4 Å². The average molecular weight is 448 g/mol. The van der Waals surface area contributed by atoms with Crippen LogP contribution in [0.1, 0.15) is 36.8 Å². The van der Waals surface area contributed by atoms with Crippen molar-refractivity contribution < 1.29 is 19.2 Å². The smallest absolute Gasteiger partial charge is 0.309 e. The van der Waals surface area contributed by atoms with Gasteiger partial charge in [-0.1, -0.05) is 37.1 Å². The number of halogens is 1. The highest BCUT2D eigenvalue weighted by molar-refractivity contribution is 6.17. The number of ether oxygens (including phenoxy) is 1. The van der Waals surface area contributed by atoms with Crippen LogP contribution in [0, 0.1) is 20.9 Å². The lowest BCUT2D eigenvalue weighted by molar-refractivity contribution is -0.428. The number of rotatable bonds is 13. The molecule has 7 nitrogen and oxygen atoms in total. The van der Waals surface area contributed by atoms with Crippen LogP contribution in [0.4, 0.5) is 11.4 Å². The van der Waals surface area contributed by atoms with E-state index in [9.17, 15) is 19.8 Å². The SMILES string of the molecule is C[N+](=O)c1ccc(CC(Cc2ccc([N+](=O)[O-])cc2)C(=O)OCCCCCCCl)cc1. The predicted molar refractivity (Wildman–Crippen MR) is 120 cm³/mol. The minimum Gasteiger partial charge on any atom is -0.465 e. The molecule has 0 aliphatic rings. The molecule has 0 N–H and O–H groups in total. The Hall–Kier alpha value is -2.80. The number of nitro benzene ring substituents is 1. The normalized spacial score (nSPS) is 11.7. The van der Waals surface area contributed by atoms with Gasteiger partial charge in [0.25, 0.3) is 11.4 Å². The maximum Gasteiger partial charge on any atom is 0.309 e. The Kier molecular flexibility index (Phi) is 10.1. The van der Waals surface area contributed by atoms with Gasteiger partial charge in [0.15, 0.2) is 7.05 Å².